The van der Waals surface area contributed by atoms with Crippen LogP contribution in [0.4, 0.5) is 21.6 Å². The van der Waals surface area contributed by atoms with Gasteiger partial charge < -0.3 is 16.0 Å². The van der Waals surface area contributed by atoms with Crippen molar-refractivity contribution in [3.8, 4) is 0 Å². The number of nitrogens with one attached hydrogen (secondary N) is 3. The largest absolute Gasteiger partial charge is 0.362 e. The fraction of sp³-hybridized carbons (Fsp3) is 0.0870. The molecule has 0 aliphatic heterocycles. The Morgan fingerprint density at radius 1 is 1.03 bits per heavy atom. The van der Waals surface area contributed by atoms with E-state index in [2.05, 4.69) is 41.8 Å². The van der Waals surface area contributed by atoms with Crippen molar-refractivity contribution in [2.24, 2.45) is 5.14 Å². The van der Waals surface area contributed by atoms with Gasteiger partial charge in [0.05, 0.1) is 14.9 Å². The first-order valence-corrected chi connectivity index (χ1v) is 13.1. The summed E-state index contributed by atoms with van der Waals surface area (Å²) in [6, 6.07) is 16.6. The van der Waals surface area contributed by atoms with Crippen LogP contribution < -0.4 is 21.1 Å². The maximum atomic E-state index is 13.6. The molecular formula is C23H20BrFN6O2S2. The van der Waals surface area contributed by atoms with Gasteiger partial charge in [0.2, 0.25) is 10.0 Å². The zero-order chi connectivity index (χ0) is 25.0. The van der Waals surface area contributed by atoms with E-state index >= 15 is 0 Å². The number of thiocarbonyl (C=S) groups is 1. The van der Waals surface area contributed by atoms with E-state index in [1.807, 2.05) is 18.2 Å². The molecule has 0 saturated heterocycles. The molecule has 1 aromatic heterocycles. The van der Waals surface area contributed by atoms with Crippen molar-refractivity contribution in [1.82, 2.24) is 15.3 Å². The number of halogens is 2. The molecule has 1 heterocycles. The molecular weight excluding hydrogens is 555 g/mol. The number of anilines is 3. The van der Waals surface area contributed by atoms with Crippen molar-refractivity contribution in [3.05, 3.63) is 82.8 Å². The lowest BCUT2D eigenvalue weighted by Gasteiger charge is -2.13. The van der Waals surface area contributed by atoms with E-state index in [0.29, 0.717) is 34.1 Å². The van der Waals surface area contributed by atoms with Gasteiger partial charge in [0.15, 0.2) is 5.11 Å². The zero-order valence-corrected chi connectivity index (χ0v) is 21.3. The molecule has 4 rings (SSSR count). The number of hydrogen-bond donors (Lipinski definition) is 4. The fourth-order valence-electron chi connectivity index (χ4n) is 3.29. The fourth-order valence-corrected chi connectivity index (χ4v) is 4.40. The van der Waals surface area contributed by atoms with Gasteiger partial charge >= 0.3 is 0 Å². The summed E-state index contributed by atoms with van der Waals surface area (Å²) in [5.41, 5.74) is 3.09. The van der Waals surface area contributed by atoms with Crippen molar-refractivity contribution < 1.29 is 12.8 Å². The molecule has 0 spiro atoms. The summed E-state index contributed by atoms with van der Waals surface area (Å²) >= 11 is 8.59. The summed E-state index contributed by atoms with van der Waals surface area (Å²) in [5.74, 6) is 0.218. The Kier molecular flexibility index (Phi) is 7.55. The Bertz CT molecular complexity index is 1500. The maximum Gasteiger partial charge on any atom is 0.238 e. The number of benzene rings is 3. The van der Waals surface area contributed by atoms with Crippen molar-refractivity contribution in [2.45, 2.75) is 11.3 Å². The molecule has 3 aromatic carbocycles. The van der Waals surface area contributed by atoms with E-state index in [4.69, 9.17) is 17.4 Å². The molecule has 0 fully saturated rings. The van der Waals surface area contributed by atoms with Gasteiger partial charge in [-0.3, -0.25) is 0 Å². The Morgan fingerprint density at radius 3 is 2.49 bits per heavy atom. The molecule has 35 heavy (non-hydrogen) atoms. The molecule has 4 aromatic rings. The van der Waals surface area contributed by atoms with Crippen LogP contribution in [0, 0.1) is 5.82 Å². The van der Waals surface area contributed by atoms with E-state index in [9.17, 15) is 12.8 Å². The molecule has 0 atom stereocenters. The second kappa shape index (κ2) is 10.6. The molecule has 0 amide bonds. The predicted octanol–water partition coefficient (Wildman–Crippen LogP) is 4.45. The average molecular weight is 575 g/mol. The number of primary sulfonamides is 1. The number of fused-ring (bicyclic) bond motifs is 1. The van der Waals surface area contributed by atoms with E-state index < -0.39 is 10.0 Å². The number of sulfonamides is 1. The van der Waals surface area contributed by atoms with Gasteiger partial charge in [-0.25, -0.2) is 27.9 Å². The number of rotatable bonds is 7. The highest BCUT2D eigenvalue weighted by molar-refractivity contribution is 9.10. The standard InChI is InChI=1S/C23H20BrFN6O2S2/c24-19-12-16(3-7-20(19)25)30-22-18-11-15(4-8-21(18)28-13-29-22)31-23(34)27-10-9-14-1-5-17(6-2-14)35(26,32)33/h1-8,11-13H,9-10H2,(H2,26,32,33)(H2,27,31,34)(H,28,29,30). The summed E-state index contributed by atoms with van der Waals surface area (Å²) < 4.78 is 36.6. The molecule has 0 aliphatic rings. The molecule has 0 radical (unpaired) electrons. The van der Waals surface area contributed by atoms with Gasteiger partial charge in [-0.1, -0.05) is 12.1 Å². The minimum absolute atomic E-state index is 0.0765. The predicted molar refractivity (Wildman–Crippen MR) is 143 cm³/mol. The second-order valence-electron chi connectivity index (χ2n) is 7.53. The lowest BCUT2D eigenvalue weighted by atomic mass is 10.1. The van der Waals surface area contributed by atoms with Crippen LogP contribution in [0.3, 0.4) is 0 Å². The van der Waals surface area contributed by atoms with Crippen LogP contribution in [-0.2, 0) is 16.4 Å². The Balaban J connectivity index is 1.40. The first-order chi connectivity index (χ1) is 16.7. The highest BCUT2D eigenvalue weighted by atomic mass is 79.9. The second-order valence-corrected chi connectivity index (χ2v) is 10.4. The summed E-state index contributed by atoms with van der Waals surface area (Å²) in [6.45, 7) is 0.545. The first-order valence-electron chi connectivity index (χ1n) is 10.3. The minimum Gasteiger partial charge on any atom is -0.362 e. The van der Waals surface area contributed by atoms with Crippen LogP contribution >= 0.6 is 28.1 Å². The molecule has 0 aliphatic carbocycles. The van der Waals surface area contributed by atoms with Gasteiger partial charge in [0.1, 0.15) is 18.0 Å². The Hall–Kier alpha value is -3.19. The van der Waals surface area contributed by atoms with Crippen LogP contribution in [0.5, 0.6) is 0 Å². The third kappa shape index (κ3) is 6.48. The normalized spacial score (nSPS) is 11.3. The van der Waals surface area contributed by atoms with Crippen LogP contribution in [0.15, 0.2) is 76.4 Å². The van der Waals surface area contributed by atoms with Crippen molar-refractivity contribution in [1.29, 1.82) is 0 Å². The SMILES string of the molecule is NS(=O)(=O)c1ccc(CCNC(=S)Nc2ccc3ncnc(Nc4ccc(F)c(Br)c4)c3c2)cc1. The summed E-state index contributed by atoms with van der Waals surface area (Å²) in [6.07, 6.45) is 2.09. The van der Waals surface area contributed by atoms with Crippen LogP contribution in [-0.4, -0.2) is 30.0 Å². The lowest BCUT2D eigenvalue weighted by Crippen LogP contribution is -2.30. The molecule has 0 unspecified atom stereocenters. The van der Waals surface area contributed by atoms with Crippen LogP contribution in [0.2, 0.25) is 0 Å². The molecule has 0 bridgehead atoms. The van der Waals surface area contributed by atoms with Gasteiger partial charge in [0.25, 0.3) is 0 Å². The van der Waals surface area contributed by atoms with Crippen molar-refractivity contribution in [2.75, 3.05) is 17.2 Å². The van der Waals surface area contributed by atoms with E-state index in [1.165, 1.54) is 24.5 Å². The number of aromatic nitrogens is 2. The maximum absolute atomic E-state index is 13.6. The van der Waals surface area contributed by atoms with Gasteiger partial charge in [-0.15, -0.1) is 0 Å². The van der Waals surface area contributed by atoms with Crippen LogP contribution in [0.25, 0.3) is 10.9 Å². The highest BCUT2D eigenvalue weighted by Crippen LogP contribution is 2.27. The third-order valence-corrected chi connectivity index (χ3v) is 6.81. The number of nitrogens with zero attached hydrogens (tertiary/aromatic N) is 2. The number of nitrogens with two attached hydrogens (primary N) is 1. The van der Waals surface area contributed by atoms with Gasteiger partial charge in [-0.2, -0.15) is 0 Å². The highest BCUT2D eigenvalue weighted by Gasteiger charge is 2.09. The topological polar surface area (TPSA) is 122 Å². The summed E-state index contributed by atoms with van der Waals surface area (Å²) in [5, 5.41) is 15.8. The molecule has 0 saturated carbocycles. The third-order valence-electron chi connectivity index (χ3n) is 5.03. The van der Waals surface area contributed by atoms with Gasteiger partial charge in [-0.05, 0) is 88.7 Å². The Labute approximate surface area is 215 Å². The Morgan fingerprint density at radius 2 is 1.77 bits per heavy atom. The van der Waals surface area contributed by atoms with E-state index in [1.54, 1.807) is 24.3 Å². The molecule has 180 valence electrons. The molecule has 8 nitrogen and oxygen atoms in total. The van der Waals surface area contributed by atoms with Gasteiger partial charge in [0, 0.05) is 23.3 Å². The van der Waals surface area contributed by atoms with E-state index in [0.717, 1.165) is 22.2 Å². The number of hydrogen-bond acceptors (Lipinski definition) is 6. The molecule has 5 N–H and O–H groups in total. The first kappa shape index (κ1) is 24.9. The van der Waals surface area contributed by atoms with Crippen molar-refractivity contribution in [3.63, 3.8) is 0 Å². The van der Waals surface area contributed by atoms with E-state index in [-0.39, 0.29) is 10.7 Å². The quantitative estimate of drug-likeness (QED) is 0.239. The lowest BCUT2D eigenvalue weighted by molar-refractivity contribution is 0.597. The zero-order valence-electron chi connectivity index (χ0n) is 18.1. The van der Waals surface area contributed by atoms with Crippen LogP contribution in [0.1, 0.15) is 5.56 Å². The summed E-state index contributed by atoms with van der Waals surface area (Å²) in [7, 11) is -3.71. The minimum atomic E-state index is -3.71. The molecule has 12 heteroatoms. The smallest absolute Gasteiger partial charge is 0.238 e. The summed E-state index contributed by atoms with van der Waals surface area (Å²) in [4.78, 5) is 8.70. The van der Waals surface area contributed by atoms with Crippen molar-refractivity contribution >= 4 is 71.4 Å². The monoisotopic (exact) mass is 574 g/mol. The average Bonchev–Trinajstić information content (AvgIpc) is 2.81.